The Morgan fingerprint density at radius 2 is 1.93 bits per heavy atom. The summed E-state index contributed by atoms with van der Waals surface area (Å²) >= 11 is 1.13. The number of sulfonamides is 1. The highest BCUT2D eigenvalue weighted by Crippen LogP contribution is 2.28. The highest BCUT2D eigenvalue weighted by Gasteiger charge is 2.34. The number of benzene rings is 1. The zero-order chi connectivity index (χ0) is 20.7. The lowest BCUT2D eigenvalue weighted by Gasteiger charge is -2.15. The predicted octanol–water partition coefficient (Wildman–Crippen LogP) is 3.61. The molecule has 2 N–H and O–H groups in total. The Hall–Kier alpha value is -2.16. The van der Waals surface area contributed by atoms with E-state index in [4.69, 9.17) is 4.84 Å². The minimum absolute atomic E-state index is 0.0270. The van der Waals surface area contributed by atoms with Crippen LogP contribution < -0.4 is 10.2 Å². The van der Waals surface area contributed by atoms with Crippen molar-refractivity contribution in [2.75, 3.05) is 0 Å². The minimum Gasteiger partial charge on any atom is -0.389 e. The van der Waals surface area contributed by atoms with Gasteiger partial charge in [-0.15, -0.1) is 16.8 Å². The Morgan fingerprint density at radius 1 is 1.21 bits per heavy atom. The Bertz CT molecular complexity index is 1070. The van der Waals surface area contributed by atoms with Crippen molar-refractivity contribution in [2.45, 2.75) is 51.5 Å². The predicted molar refractivity (Wildman–Crippen MR) is 110 cm³/mol. The maximum atomic E-state index is 12.9. The number of Topliss-reactive ketones (excluding diaryl/α,β-unsaturated/α-hetero) is 1. The Balaban J connectivity index is 1.86. The van der Waals surface area contributed by atoms with Gasteiger partial charge in [0.05, 0.1) is 10.4 Å². The van der Waals surface area contributed by atoms with Gasteiger partial charge < -0.3 is 4.84 Å². The van der Waals surface area contributed by atoms with Gasteiger partial charge in [-0.05, 0) is 57.2 Å². The van der Waals surface area contributed by atoms with Gasteiger partial charge in [0.15, 0.2) is 5.78 Å². The van der Waals surface area contributed by atoms with E-state index in [9.17, 15) is 13.2 Å². The van der Waals surface area contributed by atoms with Crippen molar-refractivity contribution in [2.24, 2.45) is 0 Å². The highest BCUT2D eigenvalue weighted by molar-refractivity contribution is 7.89. The lowest BCUT2D eigenvalue weighted by atomic mass is 9.98. The van der Waals surface area contributed by atoms with Crippen molar-refractivity contribution in [1.29, 1.82) is 0 Å². The number of aryl methyl sites for hydroxylation is 2. The maximum absolute atomic E-state index is 12.9. The van der Waals surface area contributed by atoms with Gasteiger partial charge in [-0.2, -0.15) is 0 Å². The molecule has 3 rings (SSSR count). The lowest BCUT2D eigenvalue weighted by Crippen LogP contribution is -2.34. The van der Waals surface area contributed by atoms with E-state index >= 15 is 0 Å². The second-order valence-electron chi connectivity index (χ2n) is 7.53. The van der Waals surface area contributed by atoms with E-state index in [0.29, 0.717) is 0 Å². The van der Waals surface area contributed by atoms with E-state index < -0.39 is 15.6 Å². The smallest absolute Gasteiger partial charge is 0.265 e. The first-order valence-corrected chi connectivity index (χ1v) is 11.2. The van der Waals surface area contributed by atoms with Crippen LogP contribution in [0.4, 0.5) is 0 Å². The SMILES string of the molecule is CC1=C(NS(=O)(=O)c2ccsc2C(=O)Cc2ccc(C)cc2C)ONC1(C)C. The molecule has 2 aromatic rings. The number of ketones is 1. The molecule has 0 saturated heterocycles. The van der Waals surface area contributed by atoms with Gasteiger partial charge in [0.1, 0.15) is 4.90 Å². The summed E-state index contributed by atoms with van der Waals surface area (Å²) in [6, 6.07) is 7.32. The highest BCUT2D eigenvalue weighted by atomic mass is 32.2. The molecule has 0 radical (unpaired) electrons. The molecule has 1 aromatic carbocycles. The van der Waals surface area contributed by atoms with Gasteiger partial charge >= 0.3 is 0 Å². The zero-order valence-corrected chi connectivity index (χ0v) is 18.2. The van der Waals surface area contributed by atoms with Crippen LogP contribution in [0, 0.1) is 13.8 Å². The average Bonchev–Trinajstić information content (AvgIpc) is 3.19. The largest absolute Gasteiger partial charge is 0.389 e. The van der Waals surface area contributed by atoms with Crippen molar-refractivity contribution < 1.29 is 18.0 Å². The Kier molecular flexibility index (Phi) is 5.40. The van der Waals surface area contributed by atoms with Crippen molar-refractivity contribution in [3.63, 3.8) is 0 Å². The van der Waals surface area contributed by atoms with Crippen molar-refractivity contribution in [3.8, 4) is 0 Å². The molecule has 150 valence electrons. The van der Waals surface area contributed by atoms with Crippen molar-refractivity contribution >= 4 is 27.1 Å². The molecule has 8 heteroatoms. The molecule has 1 aliphatic heterocycles. The maximum Gasteiger partial charge on any atom is 0.265 e. The summed E-state index contributed by atoms with van der Waals surface area (Å²) in [5.41, 5.74) is 6.06. The summed E-state index contributed by atoms with van der Waals surface area (Å²) in [6.07, 6.45) is 0.155. The van der Waals surface area contributed by atoms with E-state index in [2.05, 4.69) is 10.2 Å². The molecule has 0 saturated carbocycles. The lowest BCUT2D eigenvalue weighted by molar-refractivity contribution is 0.0852. The number of hydroxylamine groups is 1. The fraction of sp³-hybridized carbons (Fsp3) is 0.350. The van der Waals surface area contributed by atoms with Crippen molar-refractivity contribution in [1.82, 2.24) is 10.2 Å². The molecule has 0 aliphatic carbocycles. The second kappa shape index (κ2) is 7.35. The van der Waals surface area contributed by atoms with Crippen molar-refractivity contribution in [3.05, 3.63) is 62.7 Å². The van der Waals surface area contributed by atoms with Crippen LogP contribution in [0.1, 0.15) is 47.1 Å². The molecular weight excluding hydrogens is 396 g/mol. The topological polar surface area (TPSA) is 84.5 Å². The third-order valence-electron chi connectivity index (χ3n) is 4.93. The summed E-state index contributed by atoms with van der Waals surface area (Å²) in [6.45, 7) is 9.49. The Morgan fingerprint density at radius 3 is 2.54 bits per heavy atom. The molecule has 0 unspecified atom stereocenters. The second-order valence-corrected chi connectivity index (χ2v) is 10.1. The fourth-order valence-electron chi connectivity index (χ4n) is 2.90. The van der Waals surface area contributed by atoms with Crippen LogP contribution in [0.15, 0.2) is 46.0 Å². The first kappa shape index (κ1) is 20.6. The number of carbonyl (C=O) groups excluding carboxylic acids is 1. The Labute approximate surface area is 169 Å². The van der Waals surface area contributed by atoms with E-state index in [1.54, 1.807) is 12.3 Å². The summed E-state index contributed by atoms with van der Waals surface area (Å²) in [4.78, 5) is 18.3. The van der Waals surface area contributed by atoms with Gasteiger partial charge in [-0.3, -0.25) is 4.79 Å². The molecule has 0 bridgehead atoms. The summed E-state index contributed by atoms with van der Waals surface area (Å²) in [5.74, 6) is -0.0807. The molecule has 28 heavy (non-hydrogen) atoms. The third kappa shape index (κ3) is 3.99. The van der Waals surface area contributed by atoms with Crippen LogP contribution >= 0.6 is 11.3 Å². The molecule has 1 aromatic heterocycles. The molecule has 0 spiro atoms. The number of hydrogen-bond acceptors (Lipinski definition) is 6. The number of hydrogen-bond donors (Lipinski definition) is 2. The van der Waals surface area contributed by atoms with E-state index in [0.717, 1.165) is 33.6 Å². The fourth-order valence-corrected chi connectivity index (χ4v) is 5.34. The van der Waals surface area contributed by atoms with Crippen LogP contribution in [0.5, 0.6) is 0 Å². The van der Waals surface area contributed by atoms with Gasteiger partial charge in [0, 0.05) is 12.0 Å². The van der Waals surface area contributed by atoms with Gasteiger partial charge in [-0.25, -0.2) is 13.1 Å². The van der Waals surface area contributed by atoms with E-state index in [1.165, 1.54) is 6.07 Å². The van der Waals surface area contributed by atoms with Crippen LogP contribution in [-0.2, 0) is 21.3 Å². The quantitative estimate of drug-likeness (QED) is 0.698. The molecule has 0 atom stereocenters. The van der Waals surface area contributed by atoms with Crippen LogP contribution in [0.25, 0.3) is 0 Å². The van der Waals surface area contributed by atoms with Crippen LogP contribution in [0.2, 0.25) is 0 Å². The molecule has 0 amide bonds. The zero-order valence-electron chi connectivity index (χ0n) is 16.5. The number of carbonyl (C=O) groups is 1. The molecule has 0 fully saturated rings. The first-order chi connectivity index (χ1) is 13.0. The molecule has 6 nitrogen and oxygen atoms in total. The van der Waals surface area contributed by atoms with Crippen LogP contribution in [0.3, 0.4) is 0 Å². The molecular formula is C20H24N2O4S2. The molecule has 1 aliphatic rings. The summed E-state index contributed by atoms with van der Waals surface area (Å²) < 4.78 is 28.3. The first-order valence-electron chi connectivity index (χ1n) is 8.86. The summed E-state index contributed by atoms with van der Waals surface area (Å²) in [5, 5.41) is 1.61. The minimum atomic E-state index is -3.95. The average molecular weight is 421 g/mol. The van der Waals surface area contributed by atoms with Crippen LogP contribution in [-0.4, -0.2) is 19.7 Å². The number of nitrogens with one attached hydrogen (secondary N) is 2. The van der Waals surface area contributed by atoms with Gasteiger partial charge in [0.25, 0.3) is 10.0 Å². The number of rotatable bonds is 6. The molecule has 2 heterocycles. The van der Waals surface area contributed by atoms with Gasteiger partial charge in [-0.1, -0.05) is 23.8 Å². The monoisotopic (exact) mass is 420 g/mol. The number of thiophene rings is 1. The van der Waals surface area contributed by atoms with E-state index in [1.807, 2.05) is 45.9 Å². The van der Waals surface area contributed by atoms with E-state index in [-0.39, 0.29) is 27.9 Å². The summed E-state index contributed by atoms with van der Waals surface area (Å²) in [7, 11) is -3.95. The standard InChI is InChI=1S/C20H24N2O4S2/c1-12-6-7-15(13(2)10-12)11-16(23)18-17(8-9-27-18)28(24,25)21-19-14(3)20(4,5)22-26-19/h6-10,21-22H,11H2,1-5H3. The normalized spacial score (nSPS) is 16.2. The third-order valence-corrected chi connectivity index (χ3v) is 7.39. The van der Waals surface area contributed by atoms with Gasteiger partial charge in [0.2, 0.25) is 5.88 Å².